The van der Waals surface area contributed by atoms with Gasteiger partial charge >= 0.3 is 12.0 Å². The van der Waals surface area contributed by atoms with Crippen LogP contribution in [-0.4, -0.2) is 36.3 Å². The molecule has 1 aliphatic rings. The molecule has 24 heavy (non-hydrogen) atoms. The lowest BCUT2D eigenvalue weighted by molar-refractivity contribution is -0.138. The van der Waals surface area contributed by atoms with Crippen molar-refractivity contribution >= 4 is 40.1 Å². The van der Waals surface area contributed by atoms with Crippen molar-refractivity contribution in [1.29, 1.82) is 0 Å². The lowest BCUT2D eigenvalue weighted by atomic mass is 10.0. The normalized spacial score (nSPS) is 15.2. The van der Waals surface area contributed by atoms with Crippen LogP contribution >= 0.6 is 11.3 Å². The summed E-state index contributed by atoms with van der Waals surface area (Å²) in [5.41, 5.74) is 0.725. The summed E-state index contributed by atoms with van der Waals surface area (Å²) < 4.78 is 0. The molecule has 1 fully saturated rings. The second-order valence-electron chi connectivity index (χ2n) is 5.06. The molecule has 1 saturated heterocycles. The lowest BCUT2D eigenvalue weighted by Crippen LogP contribution is -2.32. The van der Waals surface area contributed by atoms with Gasteiger partial charge in [-0.15, -0.1) is 11.3 Å². The average Bonchev–Trinajstić information content (AvgIpc) is 3.22. The summed E-state index contributed by atoms with van der Waals surface area (Å²) in [6, 6.07) is 8.66. The maximum absolute atomic E-state index is 12.7. The number of carbonyl (C=O) groups excluding carboxylic acids is 2. The molecule has 0 bridgehead atoms. The number of anilines is 2. The van der Waals surface area contributed by atoms with Gasteiger partial charge in [-0.3, -0.25) is 9.80 Å². The van der Waals surface area contributed by atoms with Crippen molar-refractivity contribution in [2.45, 2.75) is 6.04 Å². The summed E-state index contributed by atoms with van der Waals surface area (Å²) in [5.74, 6) is -1.27. The van der Waals surface area contributed by atoms with Gasteiger partial charge in [0.25, 0.3) is 0 Å². The third-order valence-corrected chi connectivity index (χ3v) is 4.61. The van der Waals surface area contributed by atoms with Crippen molar-refractivity contribution in [3.05, 3.63) is 47.3 Å². The van der Waals surface area contributed by atoms with Gasteiger partial charge in [0.05, 0.1) is 10.7 Å². The van der Waals surface area contributed by atoms with Crippen LogP contribution in [0.2, 0.25) is 0 Å². The molecule has 0 radical (unpaired) electrons. The Morgan fingerprint density at radius 1 is 1.21 bits per heavy atom. The first-order valence-electron chi connectivity index (χ1n) is 7.14. The second-order valence-corrected chi connectivity index (χ2v) is 5.98. The Kier molecular flexibility index (Phi) is 4.41. The van der Waals surface area contributed by atoms with Crippen molar-refractivity contribution < 1.29 is 19.5 Å². The van der Waals surface area contributed by atoms with E-state index >= 15 is 0 Å². The summed E-state index contributed by atoms with van der Waals surface area (Å²) in [6.45, 7) is 0.924. The van der Waals surface area contributed by atoms with Crippen molar-refractivity contribution in [1.82, 2.24) is 0 Å². The van der Waals surface area contributed by atoms with Crippen molar-refractivity contribution in [3.8, 4) is 0 Å². The largest absolute Gasteiger partial charge is 0.479 e. The molecule has 1 atom stereocenters. The van der Waals surface area contributed by atoms with Gasteiger partial charge < -0.3 is 5.11 Å². The zero-order valence-corrected chi connectivity index (χ0v) is 13.3. The van der Waals surface area contributed by atoms with Crippen molar-refractivity contribution in [2.75, 3.05) is 22.9 Å². The molecule has 2 heterocycles. The van der Waals surface area contributed by atoms with Crippen LogP contribution in [-0.2, 0) is 9.59 Å². The van der Waals surface area contributed by atoms with E-state index in [1.165, 1.54) is 22.3 Å². The number of para-hydroxylation sites is 1. The zero-order valence-electron chi connectivity index (χ0n) is 12.5. The molecule has 0 saturated carbocycles. The highest BCUT2D eigenvalue weighted by atomic mass is 32.1. The minimum absolute atomic E-state index is 0.232. The molecule has 1 aromatic heterocycles. The standard InChI is InChI=1S/C16H13N3O4S/c20-10-17-14(15(21)22)11-4-1-2-5-12(11)18-7-8-19(16(18)23)13-6-3-9-24-13/h1-6,9,14H,7-8H2,(H,21,22). The summed E-state index contributed by atoms with van der Waals surface area (Å²) in [6.07, 6.45) is 1.29. The third kappa shape index (κ3) is 2.80. The fourth-order valence-corrected chi connectivity index (χ4v) is 3.41. The van der Waals surface area contributed by atoms with E-state index in [0.717, 1.165) is 5.00 Å². The van der Waals surface area contributed by atoms with Crippen LogP contribution in [0.4, 0.5) is 15.5 Å². The van der Waals surface area contributed by atoms with Crippen LogP contribution in [0.15, 0.2) is 46.8 Å². The van der Waals surface area contributed by atoms with Crippen LogP contribution in [0.25, 0.3) is 0 Å². The minimum Gasteiger partial charge on any atom is -0.479 e. The maximum Gasteiger partial charge on any atom is 0.334 e. The van der Waals surface area contributed by atoms with Gasteiger partial charge in [0, 0.05) is 18.7 Å². The fraction of sp³-hybridized carbons (Fsp3) is 0.188. The van der Waals surface area contributed by atoms with Gasteiger partial charge in [0.1, 0.15) is 0 Å². The molecular weight excluding hydrogens is 330 g/mol. The first-order valence-corrected chi connectivity index (χ1v) is 8.02. The summed E-state index contributed by atoms with van der Waals surface area (Å²) in [5, 5.41) is 12.0. The van der Waals surface area contributed by atoms with E-state index in [1.54, 1.807) is 29.2 Å². The number of benzene rings is 1. The van der Waals surface area contributed by atoms with E-state index < -0.39 is 12.0 Å². The number of carboxylic acid groups (broad SMARTS) is 1. The first-order chi connectivity index (χ1) is 11.6. The topological polar surface area (TPSA) is 90.3 Å². The van der Waals surface area contributed by atoms with Gasteiger partial charge in [-0.25, -0.2) is 14.4 Å². The Hall–Kier alpha value is -2.96. The van der Waals surface area contributed by atoms with E-state index in [0.29, 0.717) is 18.8 Å². The van der Waals surface area contributed by atoms with Gasteiger partial charge in [-0.1, -0.05) is 18.2 Å². The quantitative estimate of drug-likeness (QED) is 0.667. The number of hydrogen-bond acceptors (Lipinski definition) is 5. The minimum atomic E-state index is -1.39. The summed E-state index contributed by atoms with van der Waals surface area (Å²) in [4.78, 5) is 41.2. The Labute approximate surface area is 141 Å². The van der Waals surface area contributed by atoms with Gasteiger partial charge in [-0.05, 0) is 23.6 Å². The van der Waals surface area contributed by atoms with Crippen LogP contribution in [0.3, 0.4) is 0 Å². The van der Waals surface area contributed by atoms with E-state index in [9.17, 15) is 19.5 Å². The molecule has 0 aliphatic carbocycles. The predicted octanol–water partition coefficient (Wildman–Crippen LogP) is 2.66. The number of amides is 2. The molecule has 122 valence electrons. The Morgan fingerprint density at radius 2 is 1.96 bits per heavy atom. The fourth-order valence-electron chi connectivity index (χ4n) is 2.66. The molecule has 8 heteroatoms. The SMILES string of the molecule is O=C=NC(C(=O)O)c1ccccc1N1CCN(c2cccs2)C1=O. The molecule has 2 amide bonds. The van der Waals surface area contributed by atoms with E-state index in [-0.39, 0.29) is 11.6 Å². The molecule has 0 spiro atoms. The van der Waals surface area contributed by atoms with E-state index in [1.807, 2.05) is 17.5 Å². The molecule has 1 aromatic carbocycles. The van der Waals surface area contributed by atoms with Crippen LogP contribution in [0.5, 0.6) is 0 Å². The highest BCUT2D eigenvalue weighted by Gasteiger charge is 2.34. The van der Waals surface area contributed by atoms with Crippen LogP contribution in [0.1, 0.15) is 11.6 Å². The summed E-state index contributed by atoms with van der Waals surface area (Å²) >= 11 is 1.46. The Balaban J connectivity index is 1.97. The molecular formula is C16H13N3O4S. The van der Waals surface area contributed by atoms with Gasteiger partial charge in [-0.2, -0.15) is 4.99 Å². The van der Waals surface area contributed by atoms with Crippen molar-refractivity contribution in [3.63, 3.8) is 0 Å². The maximum atomic E-state index is 12.7. The first kappa shape index (κ1) is 15.9. The van der Waals surface area contributed by atoms with Crippen molar-refractivity contribution in [2.24, 2.45) is 4.99 Å². The predicted molar refractivity (Wildman–Crippen MR) is 89.3 cm³/mol. The number of hydrogen-bond donors (Lipinski definition) is 1. The van der Waals surface area contributed by atoms with Crippen LogP contribution < -0.4 is 9.80 Å². The average molecular weight is 343 g/mol. The number of carbonyl (C=O) groups is 2. The molecule has 3 rings (SSSR count). The number of isocyanates is 1. The Bertz CT molecular complexity index is 812. The number of rotatable bonds is 5. The van der Waals surface area contributed by atoms with Gasteiger partial charge in [0.2, 0.25) is 6.08 Å². The summed E-state index contributed by atoms with van der Waals surface area (Å²) in [7, 11) is 0. The number of aliphatic imine (C=N–C) groups is 1. The zero-order chi connectivity index (χ0) is 17.1. The number of urea groups is 1. The van der Waals surface area contributed by atoms with E-state index in [4.69, 9.17) is 0 Å². The number of thiophene rings is 1. The number of carboxylic acids is 1. The smallest absolute Gasteiger partial charge is 0.334 e. The molecule has 1 aliphatic heterocycles. The van der Waals surface area contributed by atoms with E-state index in [2.05, 4.69) is 4.99 Å². The second kappa shape index (κ2) is 6.66. The molecule has 7 nitrogen and oxygen atoms in total. The third-order valence-electron chi connectivity index (χ3n) is 3.72. The molecule has 1 N–H and O–H groups in total. The number of aliphatic carboxylic acids is 1. The highest BCUT2D eigenvalue weighted by molar-refractivity contribution is 7.14. The number of nitrogens with zero attached hydrogens (tertiary/aromatic N) is 3. The Morgan fingerprint density at radius 3 is 2.62 bits per heavy atom. The molecule has 1 unspecified atom stereocenters. The van der Waals surface area contributed by atoms with Crippen LogP contribution in [0, 0.1) is 0 Å². The molecule has 2 aromatic rings. The highest BCUT2D eigenvalue weighted by Crippen LogP contribution is 2.33. The van der Waals surface area contributed by atoms with Gasteiger partial charge in [0.15, 0.2) is 6.04 Å². The lowest BCUT2D eigenvalue weighted by Gasteiger charge is -2.21. The monoisotopic (exact) mass is 343 g/mol.